The molecule has 4 heteroatoms. The van der Waals surface area contributed by atoms with E-state index in [4.69, 9.17) is 16.3 Å². The number of halogens is 1. The highest BCUT2D eigenvalue weighted by atomic mass is 35.5. The van der Waals surface area contributed by atoms with Gasteiger partial charge in [0.05, 0.1) is 5.38 Å². The van der Waals surface area contributed by atoms with Crippen molar-refractivity contribution in [1.29, 1.82) is 0 Å². The average Bonchev–Trinajstić information content (AvgIpc) is 2.26. The average molecular weight is 220 g/mol. The van der Waals surface area contributed by atoms with Crippen LogP contribution in [-0.4, -0.2) is 30.5 Å². The molecule has 0 spiro atoms. The summed E-state index contributed by atoms with van der Waals surface area (Å²) >= 11 is 5.89. The first-order valence-corrected chi connectivity index (χ1v) is 5.71. The second-order valence-corrected chi connectivity index (χ2v) is 4.22. The molecule has 1 saturated heterocycles. The summed E-state index contributed by atoms with van der Waals surface area (Å²) in [5.41, 5.74) is 0. The summed E-state index contributed by atoms with van der Waals surface area (Å²) in [6, 6.07) is 0. The van der Waals surface area contributed by atoms with E-state index in [-0.39, 0.29) is 17.4 Å². The Bertz CT molecular complexity index is 181. The summed E-state index contributed by atoms with van der Waals surface area (Å²) < 4.78 is 5.35. The summed E-state index contributed by atoms with van der Waals surface area (Å²) in [6.45, 7) is 3.24. The molecule has 0 aromatic heterocycles. The lowest BCUT2D eigenvalue weighted by Crippen LogP contribution is -2.40. The van der Waals surface area contributed by atoms with Gasteiger partial charge in [-0.15, -0.1) is 11.6 Å². The Labute approximate surface area is 90.1 Å². The first-order chi connectivity index (χ1) is 6.74. The van der Waals surface area contributed by atoms with Gasteiger partial charge in [-0.1, -0.05) is 6.92 Å². The maximum absolute atomic E-state index is 11.5. The van der Waals surface area contributed by atoms with Crippen molar-refractivity contribution >= 4 is 17.5 Å². The largest absolute Gasteiger partial charge is 0.368 e. The monoisotopic (exact) mass is 219 g/mol. The van der Waals surface area contributed by atoms with Crippen LogP contribution in [0.25, 0.3) is 0 Å². The topological polar surface area (TPSA) is 38.3 Å². The molecule has 1 aliphatic rings. The molecule has 2 unspecified atom stereocenters. The fraction of sp³-hybridized carbons (Fsp3) is 0.900. The van der Waals surface area contributed by atoms with Crippen molar-refractivity contribution in [2.75, 3.05) is 13.2 Å². The molecule has 82 valence electrons. The van der Waals surface area contributed by atoms with E-state index in [1.807, 2.05) is 6.92 Å². The zero-order chi connectivity index (χ0) is 10.4. The second-order valence-electron chi connectivity index (χ2n) is 3.61. The molecule has 14 heavy (non-hydrogen) atoms. The van der Waals surface area contributed by atoms with Crippen LogP contribution < -0.4 is 5.32 Å². The number of ether oxygens (including phenoxy) is 1. The van der Waals surface area contributed by atoms with Gasteiger partial charge in [0.15, 0.2) is 0 Å². The molecule has 0 radical (unpaired) electrons. The van der Waals surface area contributed by atoms with Gasteiger partial charge >= 0.3 is 0 Å². The molecule has 0 aromatic rings. The van der Waals surface area contributed by atoms with E-state index >= 15 is 0 Å². The highest BCUT2D eigenvalue weighted by Gasteiger charge is 2.21. The van der Waals surface area contributed by atoms with Crippen LogP contribution in [0, 0.1) is 0 Å². The van der Waals surface area contributed by atoms with E-state index in [9.17, 15) is 4.79 Å². The third-order valence-corrected chi connectivity index (χ3v) is 2.88. The zero-order valence-corrected chi connectivity index (χ0v) is 9.35. The van der Waals surface area contributed by atoms with Gasteiger partial charge in [0.2, 0.25) is 5.91 Å². The van der Waals surface area contributed by atoms with Crippen molar-refractivity contribution in [2.45, 2.75) is 44.1 Å². The SMILES string of the molecule is CCC(Cl)CNC(=O)C1CCCCO1. The van der Waals surface area contributed by atoms with Crippen LogP contribution in [0.2, 0.25) is 0 Å². The van der Waals surface area contributed by atoms with Crippen molar-refractivity contribution in [3.8, 4) is 0 Å². The molecule has 1 heterocycles. The molecule has 0 aromatic carbocycles. The molecule has 1 rings (SSSR count). The number of hydrogen-bond acceptors (Lipinski definition) is 2. The standard InChI is InChI=1S/C10H18ClNO2/c1-2-8(11)7-12-10(13)9-5-3-4-6-14-9/h8-9H,2-7H2,1H3,(H,12,13). The minimum absolute atomic E-state index is 0.0104. The van der Waals surface area contributed by atoms with Crippen LogP contribution in [-0.2, 0) is 9.53 Å². The summed E-state index contributed by atoms with van der Waals surface area (Å²) in [7, 11) is 0. The van der Waals surface area contributed by atoms with Gasteiger partial charge in [0, 0.05) is 13.2 Å². The molecule has 1 N–H and O–H groups in total. The molecule has 2 atom stereocenters. The highest BCUT2D eigenvalue weighted by Crippen LogP contribution is 2.12. The molecule has 1 amide bonds. The van der Waals surface area contributed by atoms with Crippen LogP contribution in [0.3, 0.4) is 0 Å². The number of alkyl halides is 1. The van der Waals surface area contributed by atoms with Gasteiger partial charge in [-0.2, -0.15) is 0 Å². The first-order valence-electron chi connectivity index (χ1n) is 5.27. The van der Waals surface area contributed by atoms with Crippen molar-refractivity contribution in [3.05, 3.63) is 0 Å². The van der Waals surface area contributed by atoms with E-state index in [0.29, 0.717) is 13.2 Å². The Morgan fingerprint density at radius 2 is 2.43 bits per heavy atom. The quantitative estimate of drug-likeness (QED) is 0.731. The number of carbonyl (C=O) groups is 1. The van der Waals surface area contributed by atoms with Crippen molar-refractivity contribution in [2.24, 2.45) is 0 Å². The lowest BCUT2D eigenvalue weighted by Gasteiger charge is -2.22. The Morgan fingerprint density at radius 3 is 3.00 bits per heavy atom. The Balaban J connectivity index is 2.19. The highest BCUT2D eigenvalue weighted by molar-refractivity contribution is 6.20. The fourth-order valence-electron chi connectivity index (χ4n) is 1.42. The van der Waals surface area contributed by atoms with Crippen LogP contribution >= 0.6 is 11.6 Å². The van der Waals surface area contributed by atoms with Crippen molar-refractivity contribution in [1.82, 2.24) is 5.32 Å². The predicted molar refractivity (Wildman–Crippen MR) is 56.5 cm³/mol. The molecule has 1 aliphatic heterocycles. The molecule has 1 fully saturated rings. The molecule has 0 saturated carbocycles. The van der Waals surface area contributed by atoms with E-state index in [1.54, 1.807) is 0 Å². The Hall–Kier alpha value is -0.280. The maximum atomic E-state index is 11.5. The van der Waals surface area contributed by atoms with E-state index in [1.165, 1.54) is 0 Å². The van der Waals surface area contributed by atoms with Crippen LogP contribution in [0.1, 0.15) is 32.6 Å². The third kappa shape index (κ3) is 3.84. The number of carbonyl (C=O) groups excluding carboxylic acids is 1. The van der Waals surface area contributed by atoms with Crippen molar-refractivity contribution < 1.29 is 9.53 Å². The first kappa shape index (κ1) is 11.8. The zero-order valence-electron chi connectivity index (χ0n) is 8.59. The van der Waals surface area contributed by atoms with Gasteiger partial charge in [0.1, 0.15) is 6.10 Å². The number of rotatable bonds is 4. The maximum Gasteiger partial charge on any atom is 0.249 e. The summed E-state index contributed by atoms with van der Waals surface area (Å²) in [5.74, 6) is -0.0104. The number of amides is 1. The van der Waals surface area contributed by atoms with Crippen molar-refractivity contribution in [3.63, 3.8) is 0 Å². The van der Waals surface area contributed by atoms with Crippen LogP contribution in [0.5, 0.6) is 0 Å². The van der Waals surface area contributed by atoms with Gasteiger partial charge < -0.3 is 10.1 Å². The molecule has 3 nitrogen and oxygen atoms in total. The smallest absolute Gasteiger partial charge is 0.249 e. The lowest BCUT2D eigenvalue weighted by molar-refractivity contribution is -0.135. The minimum Gasteiger partial charge on any atom is -0.368 e. The van der Waals surface area contributed by atoms with Gasteiger partial charge in [-0.25, -0.2) is 0 Å². The predicted octanol–water partition coefficient (Wildman–Crippen LogP) is 1.69. The van der Waals surface area contributed by atoms with Gasteiger partial charge in [-0.05, 0) is 25.7 Å². The Kier molecular flexibility index (Phi) is 5.26. The van der Waals surface area contributed by atoms with Crippen LogP contribution in [0.15, 0.2) is 0 Å². The molecule has 0 bridgehead atoms. The fourth-order valence-corrected chi connectivity index (χ4v) is 1.49. The lowest BCUT2D eigenvalue weighted by atomic mass is 10.1. The van der Waals surface area contributed by atoms with Gasteiger partial charge in [0.25, 0.3) is 0 Å². The van der Waals surface area contributed by atoms with Crippen LogP contribution in [0.4, 0.5) is 0 Å². The number of nitrogens with one attached hydrogen (secondary N) is 1. The van der Waals surface area contributed by atoms with E-state index in [2.05, 4.69) is 5.32 Å². The minimum atomic E-state index is -0.246. The summed E-state index contributed by atoms with van der Waals surface area (Å²) in [4.78, 5) is 11.5. The van der Waals surface area contributed by atoms with E-state index in [0.717, 1.165) is 25.7 Å². The third-order valence-electron chi connectivity index (χ3n) is 2.41. The number of hydrogen-bond donors (Lipinski definition) is 1. The second kappa shape index (κ2) is 6.25. The normalized spacial score (nSPS) is 24.3. The molecular formula is C10H18ClNO2. The summed E-state index contributed by atoms with van der Waals surface area (Å²) in [6.07, 6.45) is 3.61. The summed E-state index contributed by atoms with van der Waals surface area (Å²) in [5, 5.41) is 2.84. The van der Waals surface area contributed by atoms with Gasteiger partial charge in [-0.3, -0.25) is 4.79 Å². The molecule has 0 aliphatic carbocycles. The molecular weight excluding hydrogens is 202 g/mol. The Morgan fingerprint density at radius 1 is 1.64 bits per heavy atom. The van der Waals surface area contributed by atoms with E-state index < -0.39 is 0 Å².